The van der Waals surface area contributed by atoms with Crippen LogP contribution in [0.2, 0.25) is 0 Å². The number of nitrogens with one attached hydrogen (secondary N) is 1. The lowest BCUT2D eigenvalue weighted by Gasteiger charge is -2.26. The van der Waals surface area contributed by atoms with Crippen LogP contribution in [0.4, 0.5) is 0 Å². The highest BCUT2D eigenvalue weighted by Crippen LogP contribution is 2.30. The van der Waals surface area contributed by atoms with Crippen LogP contribution in [0.15, 0.2) is 53.4 Å². The van der Waals surface area contributed by atoms with E-state index in [2.05, 4.69) is 5.32 Å². The van der Waals surface area contributed by atoms with Crippen LogP contribution in [-0.4, -0.2) is 44.0 Å². The zero-order valence-corrected chi connectivity index (χ0v) is 15.1. The second-order valence-corrected chi connectivity index (χ2v) is 6.49. The van der Waals surface area contributed by atoms with E-state index >= 15 is 0 Å². The van der Waals surface area contributed by atoms with Crippen molar-refractivity contribution in [1.29, 1.82) is 0 Å². The highest BCUT2D eigenvalue weighted by molar-refractivity contribution is 7.98. The minimum absolute atomic E-state index is 0.271. The van der Waals surface area contributed by atoms with Crippen LogP contribution in [0.1, 0.15) is 10.4 Å². The second-order valence-electron chi connectivity index (χ2n) is 5.61. The lowest BCUT2D eigenvalue weighted by Crippen LogP contribution is -2.42. The predicted octanol–water partition coefficient (Wildman–Crippen LogP) is 2.52. The number of para-hydroxylation sites is 2. The molecule has 1 aliphatic heterocycles. The summed E-state index contributed by atoms with van der Waals surface area (Å²) in [6, 6.07) is 14.4. The number of rotatable bonds is 6. The maximum absolute atomic E-state index is 11.9. The summed E-state index contributed by atoms with van der Waals surface area (Å²) in [5.74, 6) is 0.426. The van der Waals surface area contributed by atoms with E-state index in [1.165, 1.54) is 0 Å². The van der Waals surface area contributed by atoms with Gasteiger partial charge in [-0.05, 0) is 42.7 Å². The molecular formula is C19H19NO5S. The largest absolute Gasteiger partial charge is 0.486 e. The molecule has 1 amide bonds. The van der Waals surface area contributed by atoms with Crippen molar-refractivity contribution >= 4 is 23.6 Å². The van der Waals surface area contributed by atoms with E-state index in [1.807, 2.05) is 42.7 Å². The molecule has 0 spiro atoms. The number of amides is 1. The van der Waals surface area contributed by atoms with Gasteiger partial charge in [0.1, 0.15) is 12.7 Å². The summed E-state index contributed by atoms with van der Waals surface area (Å²) in [6.07, 6.45) is 1.67. The van der Waals surface area contributed by atoms with Crippen molar-refractivity contribution in [3.05, 3.63) is 54.1 Å². The van der Waals surface area contributed by atoms with Crippen LogP contribution < -0.4 is 14.8 Å². The normalized spacial score (nSPS) is 15.2. The molecule has 0 aromatic heterocycles. The number of ether oxygens (including phenoxy) is 3. The van der Waals surface area contributed by atoms with Gasteiger partial charge in [-0.1, -0.05) is 12.1 Å². The van der Waals surface area contributed by atoms with E-state index in [-0.39, 0.29) is 25.2 Å². The van der Waals surface area contributed by atoms with Crippen LogP contribution >= 0.6 is 11.8 Å². The number of hydrogen-bond acceptors (Lipinski definition) is 6. The Kier molecular flexibility index (Phi) is 6.01. The molecule has 1 atom stereocenters. The summed E-state index contributed by atoms with van der Waals surface area (Å²) in [6.45, 7) is 0.277. The van der Waals surface area contributed by atoms with E-state index in [1.54, 1.807) is 23.9 Å². The zero-order valence-electron chi connectivity index (χ0n) is 14.3. The molecule has 0 fully saturated rings. The molecule has 7 heteroatoms. The monoisotopic (exact) mass is 373 g/mol. The number of thioether (sulfide) groups is 1. The molecule has 1 aliphatic rings. The summed E-state index contributed by atoms with van der Waals surface area (Å²) < 4.78 is 16.4. The van der Waals surface area contributed by atoms with Crippen molar-refractivity contribution in [2.45, 2.75) is 11.0 Å². The van der Waals surface area contributed by atoms with E-state index in [4.69, 9.17) is 14.2 Å². The van der Waals surface area contributed by atoms with Crippen molar-refractivity contribution in [2.24, 2.45) is 0 Å². The number of hydrogen-bond donors (Lipinski definition) is 1. The fraction of sp³-hybridized carbons (Fsp3) is 0.263. The van der Waals surface area contributed by atoms with Crippen molar-refractivity contribution in [3.63, 3.8) is 0 Å². The fourth-order valence-corrected chi connectivity index (χ4v) is 2.79. The lowest BCUT2D eigenvalue weighted by atomic mass is 10.2. The van der Waals surface area contributed by atoms with E-state index < -0.39 is 5.97 Å². The smallest absolute Gasteiger partial charge is 0.338 e. The van der Waals surface area contributed by atoms with Gasteiger partial charge < -0.3 is 19.5 Å². The Morgan fingerprint density at radius 2 is 1.88 bits per heavy atom. The molecule has 0 saturated heterocycles. The van der Waals surface area contributed by atoms with Gasteiger partial charge in [-0.3, -0.25) is 4.79 Å². The molecule has 26 heavy (non-hydrogen) atoms. The van der Waals surface area contributed by atoms with Gasteiger partial charge >= 0.3 is 5.97 Å². The Hall–Kier alpha value is -2.67. The molecule has 0 bridgehead atoms. The molecule has 3 rings (SSSR count). The Balaban J connectivity index is 1.41. The van der Waals surface area contributed by atoms with Gasteiger partial charge in [-0.2, -0.15) is 0 Å². The average molecular weight is 373 g/mol. The first-order valence-electron chi connectivity index (χ1n) is 8.12. The summed E-state index contributed by atoms with van der Waals surface area (Å²) in [7, 11) is 0. The van der Waals surface area contributed by atoms with Crippen molar-refractivity contribution in [3.8, 4) is 11.5 Å². The third-order valence-electron chi connectivity index (χ3n) is 3.75. The molecule has 0 saturated carbocycles. The number of fused-ring (bicyclic) bond motifs is 1. The molecule has 1 heterocycles. The third-order valence-corrected chi connectivity index (χ3v) is 4.50. The van der Waals surface area contributed by atoms with Gasteiger partial charge in [0.15, 0.2) is 18.1 Å². The maximum atomic E-state index is 11.9. The first-order chi connectivity index (χ1) is 12.7. The van der Waals surface area contributed by atoms with E-state index in [0.717, 1.165) is 4.90 Å². The Labute approximate surface area is 155 Å². The van der Waals surface area contributed by atoms with Crippen LogP contribution in [-0.2, 0) is 9.53 Å². The molecule has 2 aromatic rings. The van der Waals surface area contributed by atoms with Crippen LogP contribution in [0.25, 0.3) is 0 Å². The minimum atomic E-state index is -0.529. The van der Waals surface area contributed by atoms with Crippen molar-refractivity contribution < 1.29 is 23.8 Å². The SMILES string of the molecule is CSc1ccc(C(=O)OCC(=O)NCC2COc3ccccc3O2)cc1. The topological polar surface area (TPSA) is 73.9 Å². The second kappa shape index (κ2) is 8.62. The molecule has 136 valence electrons. The highest BCUT2D eigenvalue weighted by atomic mass is 32.2. The van der Waals surface area contributed by atoms with E-state index in [0.29, 0.717) is 23.7 Å². The highest BCUT2D eigenvalue weighted by Gasteiger charge is 2.21. The minimum Gasteiger partial charge on any atom is -0.486 e. The Morgan fingerprint density at radius 1 is 1.15 bits per heavy atom. The predicted molar refractivity (Wildman–Crippen MR) is 97.9 cm³/mol. The number of carbonyl (C=O) groups is 2. The Morgan fingerprint density at radius 3 is 2.62 bits per heavy atom. The number of carbonyl (C=O) groups excluding carboxylic acids is 2. The molecule has 2 aromatic carbocycles. The van der Waals surface area contributed by atoms with Crippen molar-refractivity contribution in [2.75, 3.05) is 26.0 Å². The first-order valence-corrected chi connectivity index (χ1v) is 9.34. The van der Waals surface area contributed by atoms with Gasteiger partial charge in [0, 0.05) is 4.90 Å². The van der Waals surface area contributed by atoms with Gasteiger partial charge in [-0.25, -0.2) is 4.79 Å². The quantitative estimate of drug-likeness (QED) is 0.620. The maximum Gasteiger partial charge on any atom is 0.338 e. The van der Waals surface area contributed by atoms with Gasteiger partial charge in [0.2, 0.25) is 0 Å². The number of benzene rings is 2. The molecule has 0 radical (unpaired) electrons. The Bertz CT molecular complexity index is 778. The molecule has 6 nitrogen and oxygen atoms in total. The first kappa shape index (κ1) is 18.1. The van der Waals surface area contributed by atoms with E-state index in [9.17, 15) is 9.59 Å². The lowest BCUT2D eigenvalue weighted by molar-refractivity contribution is -0.124. The van der Waals surface area contributed by atoms with Gasteiger partial charge in [-0.15, -0.1) is 11.8 Å². The van der Waals surface area contributed by atoms with Gasteiger partial charge in [0.05, 0.1) is 12.1 Å². The van der Waals surface area contributed by atoms with Crippen LogP contribution in [0.5, 0.6) is 11.5 Å². The fourth-order valence-electron chi connectivity index (χ4n) is 2.38. The number of esters is 1. The molecule has 0 aliphatic carbocycles. The molecule has 1 N–H and O–H groups in total. The standard InChI is InChI=1S/C19H19NO5S/c1-26-15-8-6-13(7-9-15)19(22)24-12-18(21)20-10-14-11-23-16-4-2-3-5-17(16)25-14/h2-9,14H,10-12H2,1H3,(H,20,21). The molecular weight excluding hydrogens is 354 g/mol. The third kappa shape index (κ3) is 4.70. The van der Waals surface area contributed by atoms with Crippen LogP contribution in [0, 0.1) is 0 Å². The van der Waals surface area contributed by atoms with Crippen LogP contribution in [0.3, 0.4) is 0 Å². The summed E-state index contributed by atoms with van der Waals surface area (Å²) in [5.41, 5.74) is 0.413. The average Bonchev–Trinajstić information content (AvgIpc) is 2.70. The summed E-state index contributed by atoms with van der Waals surface area (Å²) in [4.78, 5) is 24.9. The summed E-state index contributed by atoms with van der Waals surface area (Å²) >= 11 is 1.59. The van der Waals surface area contributed by atoms with Gasteiger partial charge in [0.25, 0.3) is 5.91 Å². The molecule has 1 unspecified atom stereocenters. The zero-order chi connectivity index (χ0) is 18.4. The summed E-state index contributed by atoms with van der Waals surface area (Å²) in [5, 5.41) is 2.68. The van der Waals surface area contributed by atoms with Crippen molar-refractivity contribution in [1.82, 2.24) is 5.32 Å².